The fourth-order valence-corrected chi connectivity index (χ4v) is 3.62. The predicted octanol–water partition coefficient (Wildman–Crippen LogP) is 1.91. The first-order chi connectivity index (χ1) is 13.1. The van der Waals surface area contributed by atoms with Gasteiger partial charge in [0.1, 0.15) is 16.4 Å². The molecule has 28 heavy (non-hydrogen) atoms. The van der Waals surface area contributed by atoms with Gasteiger partial charge in [0.15, 0.2) is 0 Å². The number of carbonyl (C=O) groups is 2. The Labute approximate surface area is 162 Å². The first kappa shape index (κ1) is 21.6. The van der Waals surface area contributed by atoms with Gasteiger partial charge < -0.3 is 14.6 Å². The molecule has 0 saturated carbocycles. The minimum absolute atomic E-state index is 0.0772. The molecule has 0 bridgehead atoms. The number of rotatable bonds is 7. The zero-order valence-corrected chi connectivity index (χ0v) is 16.8. The van der Waals surface area contributed by atoms with Crippen molar-refractivity contribution in [2.75, 3.05) is 25.5 Å². The van der Waals surface area contributed by atoms with Crippen LogP contribution >= 0.6 is 0 Å². The van der Waals surface area contributed by atoms with Gasteiger partial charge in [0.05, 0.1) is 13.2 Å². The Morgan fingerprint density at radius 3 is 2.57 bits per heavy atom. The Hall–Kier alpha value is -2.72. The zero-order chi connectivity index (χ0) is 21.1. The quantitative estimate of drug-likeness (QED) is 0.702. The van der Waals surface area contributed by atoms with Crippen LogP contribution in [-0.4, -0.2) is 49.4 Å². The van der Waals surface area contributed by atoms with Gasteiger partial charge in [-0.15, -0.1) is 0 Å². The maximum Gasteiger partial charge on any atom is 0.354 e. The molecule has 10 heteroatoms. The molecular formula is C18H22FN3O5S. The van der Waals surface area contributed by atoms with Crippen molar-refractivity contribution in [2.24, 2.45) is 7.05 Å². The highest BCUT2D eigenvalue weighted by Gasteiger charge is 2.26. The Morgan fingerprint density at radius 2 is 1.96 bits per heavy atom. The molecule has 0 fully saturated rings. The van der Waals surface area contributed by atoms with Gasteiger partial charge >= 0.3 is 5.97 Å². The molecule has 0 saturated heterocycles. The van der Waals surface area contributed by atoms with Crippen LogP contribution in [0.1, 0.15) is 23.0 Å². The lowest BCUT2D eigenvalue weighted by atomic mass is 10.2. The number of likely N-dealkylation sites (N-methyl/N-ethyl adjacent to an activating group) is 1. The van der Waals surface area contributed by atoms with E-state index in [1.54, 1.807) is 13.8 Å². The van der Waals surface area contributed by atoms with Crippen LogP contribution in [0.4, 0.5) is 10.1 Å². The lowest BCUT2D eigenvalue weighted by Crippen LogP contribution is -2.34. The fourth-order valence-electron chi connectivity index (χ4n) is 2.42. The third-order valence-electron chi connectivity index (χ3n) is 3.99. The summed E-state index contributed by atoms with van der Waals surface area (Å²) in [7, 11) is -1.27. The fraction of sp³-hybridized carbons (Fsp3) is 0.333. The number of benzene rings is 1. The van der Waals surface area contributed by atoms with Crippen molar-refractivity contribution in [3.05, 3.63) is 47.5 Å². The van der Waals surface area contributed by atoms with Gasteiger partial charge in [0.25, 0.3) is 0 Å². The van der Waals surface area contributed by atoms with Crippen LogP contribution in [0.5, 0.6) is 0 Å². The second-order valence-corrected chi connectivity index (χ2v) is 8.21. The van der Waals surface area contributed by atoms with Crippen molar-refractivity contribution in [1.82, 2.24) is 8.87 Å². The van der Waals surface area contributed by atoms with Crippen molar-refractivity contribution >= 4 is 27.6 Å². The van der Waals surface area contributed by atoms with Crippen LogP contribution in [0, 0.1) is 12.7 Å². The Kier molecular flexibility index (Phi) is 6.57. The summed E-state index contributed by atoms with van der Waals surface area (Å²) < 4.78 is 46.0. The molecule has 1 heterocycles. The lowest BCUT2D eigenvalue weighted by Gasteiger charge is -2.16. The maximum atomic E-state index is 13.6. The second-order valence-electron chi connectivity index (χ2n) is 6.17. The summed E-state index contributed by atoms with van der Waals surface area (Å²) in [5.74, 6) is -1.75. The number of esters is 1. The number of ether oxygens (including phenoxy) is 1. The second kappa shape index (κ2) is 8.53. The summed E-state index contributed by atoms with van der Waals surface area (Å²) in [6.45, 7) is 2.91. The molecule has 0 unspecified atom stereocenters. The zero-order valence-electron chi connectivity index (χ0n) is 16.0. The van der Waals surface area contributed by atoms with Crippen molar-refractivity contribution in [2.45, 2.75) is 18.7 Å². The third-order valence-corrected chi connectivity index (χ3v) is 5.76. The monoisotopic (exact) mass is 411 g/mol. The number of nitrogens with one attached hydrogen (secondary N) is 1. The van der Waals surface area contributed by atoms with Crippen LogP contribution in [0.15, 0.2) is 35.4 Å². The molecule has 1 aromatic heterocycles. The average Bonchev–Trinajstić information content (AvgIpc) is 3.01. The number of halogens is 1. The largest absolute Gasteiger partial charge is 0.461 e. The molecule has 1 N–H and O–H groups in total. The molecule has 1 amide bonds. The van der Waals surface area contributed by atoms with Crippen molar-refractivity contribution in [3.63, 3.8) is 0 Å². The summed E-state index contributed by atoms with van der Waals surface area (Å²) >= 11 is 0. The number of anilines is 1. The number of sulfonamides is 1. The highest BCUT2D eigenvalue weighted by atomic mass is 32.2. The van der Waals surface area contributed by atoms with Crippen molar-refractivity contribution in [3.8, 4) is 0 Å². The molecule has 0 aliphatic rings. The molecule has 8 nitrogen and oxygen atoms in total. The highest BCUT2D eigenvalue weighted by molar-refractivity contribution is 7.89. The van der Waals surface area contributed by atoms with E-state index in [1.165, 1.54) is 43.1 Å². The van der Waals surface area contributed by atoms with Crippen molar-refractivity contribution < 1.29 is 27.1 Å². The summed E-state index contributed by atoms with van der Waals surface area (Å²) in [6.07, 6.45) is 1.27. The summed E-state index contributed by atoms with van der Waals surface area (Å²) in [5.41, 5.74) is 0.732. The average molecular weight is 411 g/mol. The summed E-state index contributed by atoms with van der Waals surface area (Å²) in [6, 6.07) is 5.38. The highest BCUT2D eigenvalue weighted by Crippen LogP contribution is 2.19. The topological polar surface area (TPSA) is 97.7 Å². The van der Waals surface area contributed by atoms with E-state index in [0.29, 0.717) is 5.56 Å². The normalized spacial score (nSPS) is 11.5. The summed E-state index contributed by atoms with van der Waals surface area (Å²) in [5, 5.41) is 2.45. The minimum atomic E-state index is -4.02. The standard InChI is InChI=1S/C18H22FN3O5S/c1-5-27-18(24)16-9-14(10-21(16)3)28(25,26)22(4)11-17(23)20-13-7-6-12(2)15(19)8-13/h6-10H,5,11H2,1-4H3,(H,20,23). The molecule has 0 radical (unpaired) electrons. The van der Waals surface area contributed by atoms with E-state index in [-0.39, 0.29) is 22.9 Å². The molecule has 2 rings (SSSR count). The number of amides is 1. The third kappa shape index (κ3) is 4.76. The van der Waals surface area contributed by atoms with E-state index in [1.807, 2.05) is 0 Å². The summed E-state index contributed by atoms with van der Waals surface area (Å²) in [4.78, 5) is 23.9. The molecule has 0 aliphatic carbocycles. The maximum absolute atomic E-state index is 13.6. The van der Waals surface area contributed by atoms with E-state index in [2.05, 4.69) is 5.32 Å². The number of carbonyl (C=O) groups excluding carboxylic acids is 2. The van der Waals surface area contributed by atoms with Crippen LogP contribution in [0.3, 0.4) is 0 Å². The number of hydrogen-bond donors (Lipinski definition) is 1. The molecular weight excluding hydrogens is 389 g/mol. The number of nitrogens with zero attached hydrogens (tertiary/aromatic N) is 2. The number of aryl methyl sites for hydroxylation is 2. The van der Waals surface area contributed by atoms with Crippen molar-refractivity contribution in [1.29, 1.82) is 0 Å². The van der Waals surface area contributed by atoms with Crippen LogP contribution in [-0.2, 0) is 26.6 Å². The SMILES string of the molecule is CCOC(=O)c1cc(S(=O)(=O)N(C)CC(=O)Nc2ccc(C)c(F)c2)cn1C. The van der Waals surface area contributed by atoms with Gasteiger partial charge in [-0.2, -0.15) is 4.31 Å². The minimum Gasteiger partial charge on any atom is -0.461 e. The molecule has 0 atom stereocenters. The Balaban J connectivity index is 2.13. The molecule has 0 spiro atoms. The van der Waals surface area contributed by atoms with E-state index in [4.69, 9.17) is 4.74 Å². The number of hydrogen-bond acceptors (Lipinski definition) is 5. The lowest BCUT2D eigenvalue weighted by molar-refractivity contribution is -0.116. The van der Waals surface area contributed by atoms with Gasteiger partial charge in [0.2, 0.25) is 15.9 Å². The number of aromatic nitrogens is 1. The Morgan fingerprint density at radius 1 is 1.29 bits per heavy atom. The van der Waals surface area contributed by atoms with Gasteiger partial charge in [-0.05, 0) is 37.6 Å². The van der Waals surface area contributed by atoms with E-state index in [9.17, 15) is 22.4 Å². The van der Waals surface area contributed by atoms with E-state index in [0.717, 1.165) is 10.4 Å². The first-order valence-corrected chi connectivity index (χ1v) is 9.86. The molecule has 1 aromatic carbocycles. The van der Waals surface area contributed by atoms with Gasteiger partial charge in [0, 0.05) is 26.0 Å². The van der Waals surface area contributed by atoms with E-state index >= 15 is 0 Å². The predicted molar refractivity (Wildman–Crippen MR) is 101 cm³/mol. The molecule has 152 valence electrons. The Bertz CT molecular complexity index is 1000. The van der Waals surface area contributed by atoms with Crippen LogP contribution in [0.2, 0.25) is 0 Å². The van der Waals surface area contributed by atoms with E-state index < -0.39 is 34.3 Å². The van der Waals surface area contributed by atoms with Gasteiger partial charge in [-0.3, -0.25) is 4.79 Å². The first-order valence-electron chi connectivity index (χ1n) is 8.42. The smallest absolute Gasteiger partial charge is 0.354 e. The molecule has 2 aromatic rings. The molecule has 0 aliphatic heterocycles. The van der Waals surface area contributed by atoms with Crippen LogP contribution in [0.25, 0.3) is 0 Å². The van der Waals surface area contributed by atoms with Gasteiger partial charge in [-0.25, -0.2) is 17.6 Å². The van der Waals surface area contributed by atoms with Crippen LogP contribution < -0.4 is 5.32 Å². The van der Waals surface area contributed by atoms with Gasteiger partial charge in [-0.1, -0.05) is 6.07 Å².